The number of nitrogens with zero attached hydrogens (tertiary/aromatic N) is 2. The molecule has 8 heteroatoms. The van der Waals surface area contributed by atoms with Crippen molar-refractivity contribution in [3.8, 4) is 11.1 Å². The minimum Gasteiger partial charge on any atom is -0.211 e. The zero-order valence-corrected chi connectivity index (χ0v) is 13.6. The highest BCUT2D eigenvalue weighted by molar-refractivity contribution is 6.40. The third-order valence-electron chi connectivity index (χ3n) is 2.70. The first-order valence-corrected chi connectivity index (χ1v) is 7.13. The van der Waals surface area contributed by atoms with Crippen LogP contribution in [0.5, 0.6) is 0 Å². The van der Waals surface area contributed by atoms with E-state index in [0.29, 0.717) is 11.1 Å². The maximum absolute atomic E-state index is 10.3. The Morgan fingerprint density at radius 3 is 1.32 bits per heavy atom. The van der Waals surface area contributed by atoms with Crippen LogP contribution in [0.2, 0.25) is 20.1 Å². The lowest BCUT2D eigenvalue weighted by Crippen LogP contribution is -1.84. The summed E-state index contributed by atoms with van der Waals surface area (Å²) in [6.07, 6.45) is 2.78. The first-order valence-electron chi connectivity index (χ1n) is 5.62. The van der Waals surface area contributed by atoms with Crippen LogP contribution < -0.4 is 0 Å². The molecule has 0 fully saturated rings. The molecule has 2 aromatic carbocycles. The van der Waals surface area contributed by atoms with Crippen LogP contribution in [0.25, 0.3) is 11.1 Å². The van der Waals surface area contributed by atoms with Crippen molar-refractivity contribution < 1.29 is 9.59 Å². The summed E-state index contributed by atoms with van der Waals surface area (Å²) in [5.74, 6) is 0. The molecule has 0 unspecified atom stereocenters. The second kappa shape index (κ2) is 7.08. The molecule has 2 rings (SSSR count). The van der Waals surface area contributed by atoms with Crippen molar-refractivity contribution in [2.75, 3.05) is 0 Å². The predicted molar refractivity (Wildman–Crippen MR) is 87.5 cm³/mol. The highest BCUT2D eigenvalue weighted by atomic mass is 35.5. The first kappa shape index (κ1) is 16.7. The van der Waals surface area contributed by atoms with Crippen LogP contribution in [0.3, 0.4) is 0 Å². The van der Waals surface area contributed by atoms with Gasteiger partial charge in [0.05, 0.1) is 31.5 Å². The average Bonchev–Trinajstić information content (AvgIpc) is 2.47. The molecular formula is C14H4Cl4N2O2. The van der Waals surface area contributed by atoms with Crippen molar-refractivity contribution in [1.29, 1.82) is 0 Å². The van der Waals surface area contributed by atoms with Gasteiger partial charge in [-0.1, -0.05) is 46.4 Å². The number of hydrogen-bond acceptors (Lipinski definition) is 4. The number of halogens is 4. The smallest absolute Gasteiger partial charge is 0.211 e. The van der Waals surface area contributed by atoms with Crippen LogP contribution in [0.4, 0.5) is 11.4 Å². The Balaban J connectivity index is 2.67. The summed E-state index contributed by atoms with van der Waals surface area (Å²) in [5, 5.41) is 0.931. The summed E-state index contributed by atoms with van der Waals surface area (Å²) in [6, 6.07) is 5.82. The van der Waals surface area contributed by atoms with E-state index in [0.717, 1.165) is 0 Å². The van der Waals surface area contributed by atoms with E-state index < -0.39 is 0 Å². The van der Waals surface area contributed by atoms with Crippen LogP contribution >= 0.6 is 46.4 Å². The number of hydrogen-bond donors (Lipinski definition) is 0. The van der Waals surface area contributed by atoms with Gasteiger partial charge in [-0.3, -0.25) is 0 Å². The lowest BCUT2D eigenvalue weighted by atomic mass is 10.0. The zero-order valence-electron chi connectivity index (χ0n) is 10.5. The second-order valence-corrected chi connectivity index (χ2v) is 5.60. The molecule has 22 heavy (non-hydrogen) atoms. The molecule has 0 aliphatic carbocycles. The third kappa shape index (κ3) is 3.40. The quantitative estimate of drug-likeness (QED) is 0.496. The van der Waals surface area contributed by atoms with E-state index in [9.17, 15) is 9.59 Å². The lowest BCUT2D eigenvalue weighted by Gasteiger charge is -2.10. The summed E-state index contributed by atoms with van der Waals surface area (Å²) in [6.45, 7) is 0. The van der Waals surface area contributed by atoms with E-state index in [1.807, 2.05) is 0 Å². The minimum absolute atomic E-state index is 0.190. The molecule has 0 heterocycles. The van der Waals surface area contributed by atoms with E-state index in [4.69, 9.17) is 46.4 Å². The largest absolute Gasteiger partial charge is 0.240 e. The molecule has 2 aromatic rings. The number of isocyanates is 2. The Labute approximate surface area is 145 Å². The molecule has 0 aliphatic rings. The molecule has 0 radical (unpaired) electrons. The summed E-state index contributed by atoms with van der Waals surface area (Å²) < 4.78 is 0. The lowest BCUT2D eigenvalue weighted by molar-refractivity contribution is 0.564. The van der Waals surface area contributed by atoms with Crippen molar-refractivity contribution in [3.63, 3.8) is 0 Å². The van der Waals surface area contributed by atoms with Crippen LogP contribution in [-0.4, -0.2) is 12.2 Å². The van der Waals surface area contributed by atoms with Crippen molar-refractivity contribution in [2.24, 2.45) is 9.98 Å². The second-order valence-electron chi connectivity index (χ2n) is 3.97. The molecule has 0 spiro atoms. The fourth-order valence-electron chi connectivity index (χ4n) is 1.76. The normalized spacial score (nSPS) is 9.82. The van der Waals surface area contributed by atoms with Gasteiger partial charge in [0, 0.05) is 11.1 Å². The third-order valence-corrected chi connectivity index (χ3v) is 3.93. The van der Waals surface area contributed by atoms with Crippen LogP contribution in [0, 0.1) is 0 Å². The highest BCUT2D eigenvalue weighted by Crippen LogP contribution is 2.42. The first-order chi connectivity index (χ1) is 10.5. The fourth-order valence-corrected chi connectivity index (χ4v) is 2.69. The summed E-state index contributed by atoms with van der Waals surface area (Å²) in [4.78, 5) is 27.5. The molecule has 0 amide bonds. The summed E-state index contributed by atoms with van der Waals surface area (Å²) in [5.41, 5.74) is 1.36. The number of rotatable bonds is 3. The molecule has 0 aromatic heterocycles. The fraction of sp³-hybridized carbons (Fsp3) is 0. The van der Waals surface area contributed by atoms with Gasteiger partial charge in [-0.15, -0.1) is 0 Å². The Kier molecular flexibility index (Phi) is 5.38. The van der Waals surface area contributed by atoms with Crippen LogP contribution in [-0.2, 0) is 9.59 Å². The molecule has 0 atom stereocenters. The van der Waals surface area contributed by atoms with E-state index >= 15 is 0 Å². The molecule has 110 valence electrons. The predicted octanol–water partition coefficient (Wildman–Crippen LogP) is 5.90. The van der Waals surface area contributed by atoms with Gasteiger partial charge in [0.2, 0.25) is 12.2 Å². The molecule has 0 aliphatic heterocycles. The Bertz CT molecular complexity index is 783. The molecular weight excluding hydrogens is 370 g/mol. The molecule has 0 saturated heterocycles. The maximum atomic E-state index is 10.3. The molecule has 4 nitrogen and oxygen atoms in total. The van der Waals surface area contributed by atoms with Gasteiger partial charge >= 0.3 is 0 Å². The van der Waals surface area contributed by atoms with Crippen molar-refractivity contribution in [3.05, 3.63) is 44.4 Å². The van der Waals surface area contributed by atoms with Gasteiger partial charge in [0.15, 0.2) is 0 Å². The van der Waals surface area contributed by atoms with E-state index in [1.165, 1.54) is 36.4 Å². The Morgan fingerprint density at radius 1 is 0.636 bits per heavy atom. The van der Waals surface area contributed by atoms with Gasteiger partial charge in [-0.05, 0) is 24.3 Å². The molecule has 0 bridgehead atoms. The average molecular weight is 374 g/mol. The molecule has 0 saturated carbocycles. The van der Waals surface area contributed by atoms with E-state index in [1.54, 1.807) is 0 Å². The Morgan fingerprint density at radius 2 is 1.00 bits per heavy atom. The van der Waals surface area contributed by atoms with Crippen molar-refractivity contribution >= 4 is 69.9 Å². The van der Waals surface area contributed by atoms with Crippen molar-refractivity contribution in [2.45, 2.75) is 0 Å². The SMILES string of the molecule is O=C=Nc1cc(Cl)c(-c2cc(Cl)c(N=C=O)cc2Cl)cc1Cl. The summed E-state index contributed by atoms with van der Waals surface area (Å²) in [7, 11) is 0. The standard InChI is InChI=1S/C14H4Cl4N2O2/c15-9-3-13(19-5-21)11(17)1-7(9)8-2-12(18)14(20-6-22)4-10(8)16/h1-4H. The minimum atomic E-state index is 0.190. The van der Waals surface area contributed by atoms with Crippen LogP contribution in [0.15, 0.2) is 34.3 Å². The van der Waals surface area contributed by atoms with Gasteiger partial charge in [0.25, 0.3) is 0 Å². The van der Waals surface area contributed by atoms with Gasteiger partial charge in [-0.25, -0.2) is 9.59 Å². The number of benzene rings is 2. The number of carbonyl (C=O) groups excluding carboxylic acids is 2. The van der Waals surface area contributed by atoms with Crippen molar-refractivity contribution in [1.82, 2.24) is 0 Å². The summed E-state index contributed by atoms with van der Waals surface area (Å²) >= 11 is 24.4. The van der Waals surface area contributed by atoms with E-state index in [2.05, 4.69) is 9.98 Å². The van der Waals surface area contributed by atoms with Gasteiger partial charge in [0.1, 0.15) is 0 Å². The van der Waals surface area contributed by atoms with Gasteiger partial charge in [-0.2, -0.15) is 9.98 Å². The maximum Gasteiger partial charge on any atom is 0.240 e. The number of aliphatic imine (C=N–C) groups is 2. The monoisotopic (exact) mass is 372 g/mol. The van der Waals surface area contributed by atoms with Crippen LogP contribution in [0.1, 0.15) is 0 Å². The van der Waals surface area contributed by atoms with E-state index in [-0.39, 0.29) is 31.5 Å². The molecule has 0 N–H and O–H groups in total. The highest BCUT2D eigenvalue weighted by Gasteiger charge is 2.14. The zero-order chi connectivity index (χ0) is 16.3. The van der Waals surface area contributed by atoms with Gasteiger partial charge < -0.3 is 0 Å². The topological polar surface area (TPSA) is 58.9 Å². The Hall–Kier alpha value is -1.64.